The highest BCUT2D eigenvalue weighted by Gasteiger charge is 2.24. The minimum atomic E-state index is -0.440. The highest BCUT2D eigenvalue weighted by atomic mass is 16.5. The lowest BCUT2D eigenvalue weighted by molar-refractivity contribution is 0.0600. The largest absolute Gasteiger partial charge is 0.497 e. The van der Waals surface area contributed by atoms with Gasteiger partial charge in [0.1, 0.15) is 5.75 Å². The first-order chi connectivity index (χ1) is 16.4. The molecule has 3 aromatic rings. The molecule has 6 heteroatoms. The molecule has 34 heavy (non-hydrogen) atoms. The maximum atomic E-state index is 12.6. The van der Waals surface area contributed by atoms with Crippen LogP contribution in [0.4, 0.5) is 0 Å². The first-order valence-corrected chi connectivity index (χ1v) is 11.7. The number of esters is 1. The predicted molar refractivity (Wildman–Crippen MR) is 134 cm³/mol. The zero-order chi connectivity index (χ0) is 24.7. The smallest absolute Gasteiger partial charge is 0.337 e. The first kappa shape index (κ1) is 25.1. The Kier molecular flexibility index (Phi) is 8.52. The Balaban J connectivity index is 2.05. The fourth-order valence-electron chi connectivity index (χ4n) is 4.44. The Morgan fingerprint density at radius 1 is 0.941 bits per heavy atom. The van der Waals surface area contributed by atoms with Crippen LogP contribution in [0.5, 0.6) is 5.75 Å². The molecule has 3 rings (SSSR count). The van der Waals surface area contributed by atoms with Gasteiger partial charge in [-0.1, -0.05) is 44.0 Å². The lowest BCUT2D eigenvalue weighted by Gasteiger charge is -2.14. The summed E-state index contributed by atoms with van der Waals surface area (Å²) in [7, 11) is 3.02. The third kappa shape index (κ3) is 5.50. The van der Waals surface area contributed by atoms with E-state index >= 15 is 0 Å². The van der Waals surface area contributed by atoms with Gasteiger partial charge < -0.3 is 19.8 Å². The van der Waals surface area contributed by atoms with Crippen LogP contribution in [-0.2, 0) is 24.1 Å². The summed E-state index contributed by atoms with van der Waals surface area (Å²) in [6, 6.07) is 15.2. The van der Waals surface area contributed by atoms with Crippen LogP contribution in [0.1, 0.15) is 63.9 Å². The van der Waals surface area contributed by atoms with E-state index < -0.39 is 11.9 Å². The molecule has 0 saturated carbocycles. The lowest BCUT2D eigenvalue weighted by atomic mass is 9.96. The molecule has 180 valence electrons. The van der Waals surface area contributed by atoms with Crippen molar-refractivity contribution in [2.45, 2.75) is 52.5 Å². The fourth-order valence-corrected chi connectivity index (χ4v) is 4.44. The molecule has 6 nitrogen and oxygen atoms in total. The number of ether oxygens (including phenoxy) is 2. The number of carbonyl (C=O) groups is 2. The zero-order valence-corrected chi connectivity index (χ0v) is 20.5. The predicted octanol–water partition coefficient (Wildman–Crippen LogP) is 5.33. The SMILES string of the molecule is CCCCCc1c(-c2ccc(C(=O)OC)cc2)c(C(N)=O)c(C)n1CCc1ccc(OC)cc1. The standard InChI is InChI=1S/C28H34N2O4/c1-5-6-7-8-24-26(21-11-13-22(14-12-21)28(32)34-4)25(27(29)31)19(2)30(24)18-17-20-9-15-23(33-3)16-10-20/h9-16H,5-8,17-18H2,1-4H3,(H2,29,31). The number of benzene rings is 2. The van der Waals surface area contributed by atoms with E-state index in [1.54, 1.807) is 19.2 Å². The van der Waals surface area contributed by atoms with Crippen molar-refractivity contribution < 1.29 is 19.1 Å². The van der Waals surface area contributed by atoms with E-state index in [1.807, 2.05) is 31.2 Å². The number of methoxy groups -OCH3 is 2. The van der Waals surface area contributed by atoms with Gasteiger partial charge in [-0.05, 0) is 61.6 Å². The first-order valence-electron chi connectivity index (χ1n) is 11.7. The maximum Gasteiger partial charge on any atom is 0.337 e. The zero-order valence-electron chi connectivity index (χ0n) is 20.5. The number of amides is 1. The maximum absolute atomic E-state index is 12.6. The number of rotatable bonds is 11. The second-order valence-electron chi connectivity index (χ2n) is 8.42. The van der Waals surface area contributed by atoms with Crippen LogP contribution in [0.15, 0.2) is 48.5 Å². The normalized spacial score (nSPS) is 10.8. The molecular formula is C28H34N2O4. The lowest BCUT2D eigenvalue weighted by Crippen LogP contribution is -2.14. The summed E-state index contributed by atoms with van der Waals surface area (Å²) in [4.78, 5) is 24.5. The molecule has 0 atom stereocenters. The molecule has 0 aliphatic rings. The van der Waals surface area contributed by atoms with Crippen LogP contribution < -0.4 is 10.5 Å². The van der Waals surface area contributed by atoms with Gasteiger partial charge in [0.2, 0.25) is 0 Å². The Morgan fingerprint density at radius 3 is 2.18 bits per heavy atom. The van der Waals surface area contributed by atoms with Crippen molar-refractivity contribution >= 4 is 11.9 Å². The highest BCUT2D eigenvalue weighted by Crippen LogP contribution is 2.34. The second-order valence-corrected chi connectivity index (χ2v) is 8.42. The Labute approximate surface area is 201 Å². The molecule has 2 aromatic carbocycles. The number of hydrogen-bond acceptors (Lipinski definition) is 4. The molecule has 0 saturated heterocycles. The molecule has 0 spiro atoms. The van der Waals surface area contributed by atoms with Gasteiger partial charge in [0.25, 0.3) is 5.91 Å². The monoisotopic (exact) mass is 462 g/mol. The second kappa shape index (κ2) is 11.5. The van der Waals surface area contributed by atoms with Crippen LogP contribution in [-0.4, -0.2) is 30.7 Å². The minimum absolute atomic E-state index is 0.391. The van der Waals surface area contributed by atoms with Crippen molar-refractivity contribution in [3.05, 3.63) is 76.6 Å². The van der Waals surface area contributed by atoms with Gasteiger partial charge in [-0.3, -0.25) is 4.79 Å². The average molecular weight is 463 g/mol. The highest BCUT2D eigenvalue weighted by molar-refractivity contribution is 6.02. The van der Waals surface area contributed by atoms with E-state index in [0.717, 1.165) is 66.9 Å². The quantitative estimate of drug-likeness (QED) is 0.308. The molecule has 0 aliphatic carbocycles. The molecule has 1 aromatic heterocycles. The van der Waals surface area contributed by atoms with Gasteiger partial charge in [0.15, 0.2) is 0 Å². The fraction of sp³-hybridized carbons (Fsp3) is 0.357. The molecule has 0 fully saturated rings. The topological polar surface area (TPSA) is 83.5 Å². The van der Waals surface area contributed by atoms with Crippen LogP contribution in [0.25, 0.3) is 11.1 Å². The van der Waals surface area contributed by atoms with E-state index in [4.69, 9.17) is 15.2 Å². The van der Waals surface area contributed by atoms with Crippen molar-refractivity contribution in [3.63, 3.8) is 0 Å². The number of nitrogens with zero attached hydrogens (tertiary/aromatic N) is 1. The number of nitrogens with two attached hydrogens (primary N) is 1. The van der Waals surface area contributed by atoms with Crippen LogP contribution in [0, 0.1) is 6.92 Å². The van der Waals surface area contributed by atoms with Crippen LogP contribution in [0.3, 0.4) is 0 Å². The minimum Gasteiger partial charge on any atom is -0.497 e. The molecule has 0 radical (unpaired) electrons. The van der Waals surface area contributed by atoms with E-state index in [-0.39, 0.29) is 0 Å². The Morgan fingerprint density at radius 2 is 1.62 bits per heavy atom. The molecule has 1 amide bonds. The summed E-state index contributed by atoms with van der Waals surface area (Å²) in [5.41, 5.74) is 11.8. The summed E-state index contributed by atoms with van der Waals surface area (Å²) in [5.74, 6) is -0.00239. The molecule has 1 heterocycles. The van der Waals surface area contributed by atoms with Gasteiger partial charge in [-0.2, -0.15) is 0 Å². The van der Waals surface area contributed by atoms with E-state index in [2.05, 4.69) is 23.6 Å². The van der Waals surface area contributed by atoms with Gasteiger partial charge >= 0.3 is 5.97 Å². The van der Waals surface area contributed by atoms with Crippen LogP contribution >= 0.6 is 0 Å². The number of aromatic nitrogens is 1. The molecular weight excluding hydrogens is 428 g/mol. The summed E-state index contributed by atoms with van der Waals surface area (Å²) in [6.07, 6.45) is 4.90. The summed E-state index contributed by atoms with van der Waals surface area (Å²) in [5, 5.41) is 0. The van der Waals surface area contributed by atoms with Crippen molar-refractivity contribution in [1.29, 1.82) is 0 Å². The molecule has 0 bridgehead atoms. The van der Waals surface area contributed by atoms with Crippen molar-refractivity contribution in [3.8, 4) is 16.9 Å². The number of unbranched alkanes of at least 4 members (excludes halogenated alkanes) is 2. The van der Waals surface area contributed by atoms with Gasteiger partial charge in [0, 0.05) is 23.5 Å². The number of aryl methyl sites for hydroxylation is 1. The van der Waals surface area contributed by atoms with E-state index in [9.17, 15) is 9.59 Å². The number of carbonyl (C=O) groups excluding carboxylic acids is 2. The van der Waals surface area contributed by atoms with E-state index in [0.29, 0.717) is 11.1 Å². The number of hydrogen-bond donors (Lipinski definition) is 1. The Hall–Kier alpha value is -3.54. The third-order valence-corrected chi connectivity index (χ3v) is 6.27. The van der Waals surface area contributed by atoms with Crippen molar-refractivity contribution in [2.24, 2.45) is 5.73 Å². The van der Waals surface area contributed by atoms with Crippen molar-refractivity contribution in [2.75, 3.05) is 14.2 Å². The molecule has 0 aliphatic heterocycles. The summed E-state index contributed by atoms with van der Waals surface area (Å²) >= 11 is 0. The summed E-state index contributed by atoms with van der Waals surface area (Å²) in [6.45, 7) is 4.87. The van der Waals surface area contributed by atoms with Gasteiger partial charge in [-0.15, -0.1) is 0 Å². The molecule has 2 N–H and O–H groups in total. The number of primary amides is 1. The van der Waals surface area contributed by atoms with Crippen molar-refractivity contribution in [1.82, 2.24) is 4.57 Å². The Bertz CT molecular complexity index is 1130. The van der Waals surface area contributed by atoms with Gasteiger partial charge in [-0.25, -0.2) is 4.79 Å². The summed E-state index contributed by atoms with van der Waals surface area (Å²) < 4.78 is 12.3. The van der Waals surface area contributed by atoms with E-state index in [1.165, 1.54) is 12.7 Å². The average Bonchev–Trinajstić information content (AvgIpc) is 3.14. The molecule has 0 unspecified atom stereocenters. The third-order valence-electron chi connectivity index (χ3n) is 6.27. The van der Waals surface area contributed by atoms with Gasteiger partial charge in [0.05, 0.1) is 25.3 Å². The van der Waals surface area contributed by atoms with Crippen LogP contribution in [0.2, 0.25) is 0 Å².